The molecule has 2 aromatic heterocycles. The van der Waals surface area contributed by atoms with Crippen LogP contribution in [-0.4, -0.2) is 48.9 Å². The summed E-state index contributed by atoms with van der Waals surface area (Å²) in [6.07, 6.45) is 4.95. The zero-order chi connectivity index (χ0) is 23.5. The van der Waals surface area contributed by atoms with Gasteiger partial charge in [0.2, 0.25) is 11.7 Å². The largest absolute Gasteiger partial charge is 0.493 e. The Balaban J connectivity index is 1.62. The molecule has 0 radical (unpaired) electrons. The zero-order valence-electron chi connectivity index (χ0n) is 18.9. The molecule has 0 atom stereocenters. The van der Waals surface area contributed by atoms with Crippen LogP contribution in [0.5, 0.6) is 5.75 Å². The maximum Gasteiger partial charge on any atom is 0.294 e. The number of rotatable bonds is 6. The summed E-state index contributed by atoms with van der Waals surface area (Å²) in [4.78, 5) is 32.5. The molecular weight excluding hydrogens is 444 g/mol. The maximum absolute atomic E-state index is 13.2. The van der Waals surface area contributed by atoms with Crippen LogP contribution in [0.2, 0.25) is 5.02 Å². The molecule has 1 aromatic carbocycles. The van der Waals surface area contributed by atoms with E-state index in [1.165, 1.54) is 13.3 Å². The maximum atomic E-state index is 13.2. The van der Waals surface area contributed by atoms with Crippen LogP contribution in [0.4, 0.5) is 11.5 Å². The van der Waals surface area contributed by atoms with Gasteiger partial charge in [0.1, 0.15) is 11.5 Å². The Hall–Kier alpha value is -3.10. The van der Waals surface area contributed by atoms with Crippen molar-refractivity contribution in [1.82, 2.24) is 9.88 Å². The number of hydrogen-bond donors (Lipinski definition) is 2. The number of ether oxygens (including phenoxy) is 1. The average molecular weight is 471 g/mol. The number of pyridine rings is 1. The lowest BCUT2D eigenvalue weighted by Crippen LogP contribution is -2.35. The SMILES string of the molecule is COc1cccc2c(NC(=O)[C@H]3CC[C@H](N(C)C)CC3)c(C(=O)Nc3ccc(Cl)cn3)oc12. The van der Waals surface area contributed by atoms with Crippen LogP contribution >= 0.6 is 11.6 Å². The Morgan fingerprint density at radius 3 is 2.52 bits per heavy atom. The lowest BCUT2D eigenvalue weighted by molar-refractivity contribution is -0.121. The summed E-state index contributed by atoms with van der Waals surface area (Å²) < 4.78 is 11.3. The highest BCUT2D eigenvalue weighted by Crippen LogP contribution is 2.38. The van der Waals surface area contributed by atoms with E-state index in [1.54, 1.807) is 30.3 Å². The van der Waals surface area contributed by atoms with Gasteiger partial charge >= 0.3 is 0 Å². The van der Waals surface area contributed by atoms with Crippen molar-refractivity contribution in [3.05, 3.63) is 47.3 Å². The number of carbonyl (C=O) groups is 2. The standard InChI is InChI=1S/C24H27ClN4O4/c1-29(2)16-10-7-14(8-11-16)23(30)28-20-17-5-4-6-18(32-3)21(17)33-22(20)24(31)27-19-12-9-15(25)13-26-19/h4-6,9,12-14,16H,7-8,10-11H2,1-3H3,(H,28,30)(H,26,27,31)/t14-,16-. The van der Waals surface area contributed by atoms with E-state index in [1.807, 2.05) is 0 Å². The summed E-state index contributed by atoms with van der Waals surface area (Å²) in [5.41, 5.74) is 0.718. The summed E-state index contributed by atoms with van der Waals surface area (Å²) in [7, 11) is 5.66. The zero-order valence-corrected chi connectivity index (χ0v) is 19.6. The van der Waals surface area contributed by atoms with E-state index in [9.17, 15) is 9.59 Å². The first-order valence-electron chi connectivity index (χ1n) is 10.9. The van der Waals surface area contributed by atoms with E-state index in [2.05, 4.69) is 34.6 Å². The van der Waals surface area contributed by atoms with E-state index < -0.39 is 5.91 Å². The number of halogens is 1. The summed E-state index contributed by atoms with van der Waals surface area (Å²) in [6, 6.07) is 9.02. The Morgan fingerprint density at radius 2 is 1.88 bits per heavy atom. The number of amides is 2. The van der Waals surface area contributed by atoms with E-state index in [0.717, 1.165) is 25.7 Å². The molecule has 1 aliphatic carbocycles. The van der Waals surface area contributed by atoms with Gasteiger partial charge in [-0.25, -0.2) is 4.98 Å². The topological polar surface area (TPSA) is 96.7 Å². The van der Waals surface area contributed by atoms with E-state index in [0.29, 0.717) is 39.3 Å². The van der Waals surface area contributed by atoms with E-state index >= 15 is 0 Å². The van der Waals surface area contributed by atoms with Crippen molar-refractivity contribution in [2.75, 3.05) is 31.8 Å². The third-order valence-corrected chi connectivity index (χ3v) is 6.34. The van der Waals surface area contributed by atoms with Gasteiger partial charge in [0.15, 0.2) is 11.3 Å². The molecular formula is C24H27ClN4O4. The number of nitrogens with zero attached hydrogens (tertiary/aromatic N) is 2. The molecule has 33 heavy (non-hydrogen) atoms. The van der Waals surface area contributed by atoms with Crippen LogP contribution in [0.1, 0.15) is 36.2 Å². The van der Waals surface area contributed by atoms with Crippen molar-refractivity contribution in [3.8, 4) is 5.75 Å². The lowest BCUT2D eigenvalue weighted by Gasteiger charge is -2.31. The molecule has 2 N–H and O–H groups in total. The second kappa shape index (κ2) is 9.80. The Kier molecular flexibility index (Phi) is 6.85. The van der Waals surface area contributed by atoms with Gasteiger partial charge in [-0.1, -0.05) is 17.7 Å². The summed E-state index contributed by atoms with van der Waals surface area (Å²) >= 11 is 5.88. The van der Waals surface area contributed by atoms with Gasteiger partial charge in [-0.3, -0.25) is 9.59 Å². The minimum atomic E-state index is -0.533. The molecule has 3 aromatic rings. The molecule has 0 unspecified atom stereocenters. The van der Waals surface area contributed by atoms with Gasteiger partial charge in [-0.05, 0) is 64.0 Å². The Morgan fingerprint density at radius 1 is 1.12 bits per heavy atom. The normalized spacial score (nSPS) is 18.3. The van der Waals surface area contributed by atoms with Crippen molar-refractivity contribution in [1.29, 1.82) is 0 Å². The molecule has 1 fully saturated rings. The third kappa shape index (κ3) is 4.96. The summed E-state index contributed by atoms with van der Waals surface area (Å²) in [5.74, 6) is 0.00697. The van der Waals surface area contributed by atoms with Crippen molar-refractivity contribution in [3.63, 3.8) is 0 Å². The predicted molar refractivity (Wildman–Crippen MR) is 128 cm³/mol. The van der Waals surface area contributed by atoms with Crippen LogP contribution in [0.3, 0.4) is 0 Å². The van der Waals surface area contributed by atoms with Crippen LogP contribution < -0.4 is 15.4 Å². The monoisotopic (exact) mass is 470 g/mol. The fourth-order valence-electron chi connectivity index (χ4n) is 4.24. The van der Waals surface area contributed by atoms with Gasteiger partial charge in [0.25, 0.3) is 5.91 Å². The minimum Gasteiger partial charge on any atom is -0.493 e. The molecule has 1 saturated carbocycles. The number of methoxy groups -OCH3 is 1. The van der Waals surface area contributed by atoms with Gasteiger partial charge in [-0.15, -0.1) is 0 Å². The lowest BCUT2D eigenvalue weighted by atomic mass is 9.85. The van der Waals surface area contributed by atoms with Crippen LogP contribution in [-0.2, 0) is 4.79 Å². The highest BCUT2D eigenvalue weighted by atomic mass is 35.5. The number of fused-ring (bicyclic) bond motifs is 1. The molecule has 2 amide bonds. The second-order valence-corrected chi connectivity index (χ2v) is 8.85. The number of carbonyl (C=O) groups excluding carboxylic acids is 2. The number of nitrogens with one attached hydrogen (secondary N) is 2. The molecule has 8 nitrogen and oxygen atoms in total. The van der Waals surface area contributed by atoms with Crippen LogP contribution in [0.25, 0.3) is 11.0 Å². The van der Waals surface area contributed by atoms with E-state index in [-0.39, 0.29) is 17.6 Å². The first kappa shape index (κ1) is 23.1. The molecule has 4 rings (SSSR count). The quantitative estimate of drug-likeness (QED) is 0.537. The number of hydrogen-bond acceptors (Lipinski definition) is 6. The van der Waals surface area contributed by atoms with Crippen molar-refractivity contribution in [2.45, 2.75) is 31.7 Å². The van der Waals surface area contributed by atoms with Crippen molar-refractivity contribution in [2.24, 2.45) is 5.92 Å². The fraction of sp³-hybridized carbons (Fsp3) is 0.375. The van der Waals surface area contributed by atoms with Gasteiger partial charge in [-0.2, -0.15) is 0 Å². The van der Waals surface area contributed by atoms with Crippen LogP contribution in [0, 0.1) is 5.92 Å². The minimum absolute atomic E-state index is 0.0124. The van der Waals surface area contributed by atoms with Crippen LogP contribution in [0.15, 0.2) is 40.9 Å². The highest BCUT2D eigenvalue weighted by molar-refractivity contribution is 6.30. The Labute approximate surface area is 197 Å². The molecule has 0 bridgehead atoms. The smallest absolute Gasteiger partial charge is 0.294 e. The van der Waals surface area contributed by atoms with Crippen molar-refractivity contribution >= 4 is 45.9 Å². The fourth-order valence-corrected chi connectivity index (χ4v) is 4.35. The highest BCUT2D eigenvalue weighted by Gasteiger charge is 2.30. The number of para-hydroxylation sites is 1. The van der Waals surface area contributed by atoms with Crippen molar-refractivity contribution < 1.29 is 18.7 Å². The number of benzene rings is 1. The molecule has 9 heteroatoms. The summed E-state index contributed by atoms with van der Waals surface area (Å²) in [6.45, 7) is 0. The third-order valence-electron chi connectivity index (χ3n) is 6.12. The average Bonchev–Trinajstić information content (AvgIpc) is 3.19. The number of furan rings is 1. The molecule has 1 aliphatic rings. The van der Waals surface area contributed by atoms with Gasteiger partial charge in [0, 0.05) is 23.5 Å². The Bertz CT molecular complexity index is 1150. The summed E-state index contributed by atoms with van der Waals surface area (Å²) in [5, 5.41) is 6.72. The first-order valence-corrected chi connectivity index (χ1v) is 11.2. The first-order chi connectivity index (χ1) is 15.9. The molecule has 0 spiro atoms. The molecule has 2 heterocycles. The van der Waals surface area contributed by atoms with Gasteiger partial charge < -0.3 is 24.7 Å². The molecule has 0 saturated heterocycles. The number of aromatic nitrogens is 1. The van der Waals surface area contributed by atoms with E-state index in [4.69, 9.17) is 20.8 Å². The molecule has 0 aliphatic heterocycles. The molecule has 174 valence electrons. The second-order valence-electron chi connectivity index (χ2n) is 8.42. The predicted octanol–water partition coefficient (Wildman–Crippen LogP) is 4.80. The number of anilines is 2. The van der Waals surface area contributed by atoms with Gasteiger partial charge in [0.05, 0.1) is 12.1 Å².